The molecule has 1 saturated carbocycles. The fourth-order valence-electron chi connectivity index (χ4n) is 2.17. The second-order valence-electron chi connectivity index (χ2n) is 5.94. The highest BCUT2D eigenvalue weighted by atomic mass is 16.3. The van der Waals surface area contributed by atoms with Gasteiger partial charge in [-0.15, -0.1) is 10.2 Å². The standard InChI is InChI=1S/C15H19N5O2/c1-11-2-4-12(5-3-11)14-17-19-20(18-14)8-13(22)16-9-15(10-21)6-7-15/h2-5,21H,6-10H2,1H3,(H,16,22). The number of hydrogen-bond acceptors (Lipinski definition) is 5. The van der Waals surface area contributed by atoms with Crippen molar-refractivity contribution in [1.82, 2.24) is 25.5 Å². The van der Waals surface area contributed by atoms with Crippen molar-refractivity contribution < 1.29 is 9.90 Å². The number of aliphatic hydroxyl groups excluding tert-OH is 1. The first-order valence-corrected chi connectivity index (χ1v) is 7.33. The summed E-state index contributed by atoms with van der Waals surface area (Å²) in [5.74, 6) is 0.328. The molecular weight excluding hydrogens is 282 g/mol. The molecule has 1 aliphatic rings. The Bertz CT molecular complexity index is 661. The molecule has 0 spiro atoms. The Morgan fingerprint density at radius 1 is 1.36 bits per heavy atom. The topological polar surface area (TPSA) is 92.9 Å². The van der Waals surface area contributed by atoms with Crippen LogP contribution in [0.2, 0.25) is 0 Å². The Kier molecular flexibility index (Phi) is 3.89. The second kappa shape index (κ2) is 5.84. The lowest BCUT2D eigenvalue weighted by Crippen LogP contribution is -2.34. The molecule has 2 aromatic rings. The fraction of sp³-hybridized carbons (Fsp3) is 0.467. The lowest BCUT2D eigenvalue weighted by atomic mass is 10.1. The van der Waals surface area contributed by atoms with Crippen LogP contribution in [0.1, 0.15) is 18.4 Å². The molecule has 0 bridgehead atoms. The first kappa shape index (κ1) is 14.6. The van der Waals surface area contributed by atoms with E-state index in [9.17, 15) is 9.90 Å². The van der Waals surface area contributed by atoms with E-state index in [-0.39, 0.29) is 24.5 Å². The summed E-state index contributed by atoms with van der Waals surface area (Å²) in [7, 11) is 0. The number of aryl methyl sites for hydroxylation is 1. The SMILES string of the molecule is Cc1ccc(-c2nnn(CC(=O)NCC3(CO)CC3)n2)cc1. The predicted octanol–water partition coefficient (Wildman–Crippen LogP) is 0.537. The van der Waals surface area contributed by atoms with Crippen molar-refractivity contribution in [3.05, 3.63) is 29.8 Å². The number of nitrogens with zero attached hydrogens (tertiary/aromatic N) is 4. The summed E-state index contributed by atoms with van der Waals surface area (Å²) in [4.78, 5) is 13.2. The van der Waals surface area contributed by atoms with E-state index in [1.807, 2.05) is 31.2 Å². The first-order chi connectivity index (χ1) is 10.6. The lowest BCUT2D eigenvalue weighted by Gasteiger charge is -2.12. The van der Waals surface area contributed by atoms with Crippen LogP contribution < -0.4 is 5.32 Å². The van der Waals surface area contributed by atoms with Crippen molar-refractivity contribution in [2.45, 2.75) is 26.3 Å². The number of carbonyl (C=O) groups excluding carboxylic acids is 1. The van der Waals surface area contributed by atoms with E-state index in [1.54, 1.807) is 0 Å². The minimum Gasteiger partial charge on any atom is -0.396 e. The van der Waals surface area contributed by atoms with E-state index in [0.29, 0.717) is 12.4 Å². The Balaban J connectivity index is 1.57. The van der Waals surface area contributed by atoms with Gasteiger partial charge in [-0.3, -0.25) is 4.79 Å². The Morgan fingerprint density at radius 3 is 2.73 bits per heavy atom. The monoisotopic (exact) mass is 301 g/mol. The average molecular weight is 301 g/mol. The predicted molar refractivity (Wildman–Crippen MR) is 79.8 cm³/mol. The van der Waals surface area contributed by atoms with Crippen molar-refractivity contribution in [2.24, 2.45) is 5.41 Å². The van der Waals surface area contributed by atoms with E-state index in [1.165, 1.54) is 4.80 Å². The maximum Gasteiger partial charge on any atom is 0.243 e. The zero-order valence-corrected chi connectivity index (χ0v) is 12.5. The van der Waals surface area contributed by atoms with E-state index in [0.717, 1.165) is 24.0 Å². The Morgan fingerprint density at radius 2 is 2.09 bits per heavy atom. The number of carbonyl (C=O) groups is 1. The molecule has 1 amide bonds. The molecule has 116 valence electrons. The van der Waals surface area contributed by atoms with E-state index in [2.05, 4.69) is 20.7 Å². The van der Waals surface area contributed by atoms with E-state index in [4.69, 9.17) is 0 Å². The third-order valence-corrected chi connectivity index (χ3v) is 4.00. The third kappa shape index (κ3) is 3.30. The number of aliphatic hydroxyl groups is 1. The number of aromatic nitrogens is 4. The van der Waals surface area contributed by atoms with Gasteiger partial charge in [-0.05, 0) is 25.0 Å². The third-order valence-electron chi connectivity index (χ3n) is 4.00. The summed E-state index contributed by atoms with van der Waals surface area (Å²) in [6, 6.07) is 7.81. The van der Waals surface area contributed by atoms with Gasteiger partial charge in [0.2, 0.25) is 11.7 Å². The maximum atomic E-state index is 11.9. The molecule has 2 N–H and O–H groups in total. The number of nitrogens with one attached hydrogen (secondary N) is 1. The van der Waals surface area contributed by atoms with Crippen molar-refractivity contribution in [3.8, 4) is 11.4 Å². The van der Waals surface area contributed by atoms with E-state index >= 15 is 0 Å². The molecule has 1 fully saturated rings. The molecule has 1 aromatic heterocycles. The van der Waals surface area contributed by atoms with Gasteiger partial charge in [0.05, 0.1) is 6.61 Å². The van der Waals surface area contributed by atoms with E-state index < -0.39 is 0 Å². The van der Waals surface area contributed by atoms with Crippen LogP contribution in [0.3, 0.4) is 0 Å². The molecule has 1 heterocycles. The summed E-state index contributed by atoms with van der Waals surface area (Å²) in [5.41, 5.74) is 1.93. The molecule has 3 rings (SSSR count). The van der Waals surface area contributed by atoms with Gasteiger partial charge in [-0.1, -0.05) is 29.8 Å². The summed E-state index contributed by atoms with van der Waals surface area (Å²) in [6.07, 6.45) is 1.92. The molecule has 0 atom stereocenters. The van der Waals surface area contributed by atoms with Crippen molar-refractivity contribution in [2.75, 3.05) is 13.2 Å². The molecule has 0 radical (unpaired) electrons. The van der Waals surface area contributed by atoms with Gasteiger partial charge in [0.15, 0.2) is 0 Å². The summed E-state index contributed by atoms with van der Waals surface area (Å²) in [5, 5.41) is 24.1. The quantitative estimate of drug-likeness (QED) is 0.812. The zero-order valence-electron chi connectivity index (χ0n) is 12.5. The Labute approximate surface area is 128 Å². The first-order valence-electron chi connectivity index (χ1n) is 7.33. The fourth-order valence-corrected chi connectivity index (χ4v) is 2.17. The highest BCUT2D eigenvalue weighted by Gasteiger charge is 2.42. The van der Waals surface area contributed by atoms with Crippen LogP contribution in [0.5, 0.6) is 0 Å². The summed E-state index contributed by atoms with van der Waals surface area (Å²) < 4.78 is 0. The van der Waals surface area contributed by atoms with Crippen molar-refractivity contribution in [3.63, 3.8) is 0 Å². The average Bonchev–Trinajstić information content (AvgIpc) is 3.17. The molecule has 22 heavy (non-hydrogen) atoms. The number of amides is 1. The van der Waals surface area contributed by atoms with Crippen LogP contribution in [-0.4, -0.2) is 44.4 Å². The van der Waals surface area contributed by atoms with Crippen LogP contribution >= 0.6 is 0 Å². The van der Waals surface area contributed by atoms with Crippen molar-refractivity contribution in [1.29, 1.82) is 0 Å². The zero-order chi connectivity index (χ0) is 15.6. The Hall–Kier alpha value is -2.28. The van der Waals surface area contributed by atoms with Crippen LogP contribution in [0.25, 0.3) is 11.4 Å². The maximum absolute atomic E-state index is 11.9. The van der Waals surface area contributed by atoms with Gasteiger partial charge in [-0.25, -0.2) is 0 Å². The van der Waals surface area contributed by atoms with Crippen LogP contribution in [0, 0.1) is 12.3 Å². The molecular formula is C15H19N5O2. The summed E-state index contributed by atoms with van der Waals surface area (Å²) in [6.45, 7) is 2.66. The smallest absolute Gasteiger partial charge is 0.243 e. The molecule has 0 unspecified atom stereocenters. The molecule has 0 aliphatic heterocycles. The summed E-state index contributed by atoms with van der Waals surface area (Å²) >= 11 is 0. The molecule has 1 aliphatic carbocycles. The van der Waals surface area contributed by atoms with Crippen LogP contribution in [-0.2, 0) is 11.3 Å². The largest absolute Gasteiger partial charge is 0.396 e. The van der Waals surface area contributed by atoms with Crippen molar-refractivity contribution >= 4 is 5.91 Å². The van der Waals surface area contributed by atoms with Gasteiger partial charge in [0.1, 0.15) is 6.54 Å². The van der Waals surface area contributed by atoms with Crippen LogP contribution in [0.4, 0.5) is 0 Å². The van der Waals surface area contributed by atoms with Gasteiger partial charge in [0.25, 0.3) is 0 Å². The molecule has 0 saturated heterocycles. The van der Waals surface area contributed by atoms with Gasteiger partial charge >= 0.3 is 0 Å². The number of benzene rings is 1. The molecule has 1 aromatic carbocycles. The van der Waals surface area contributed by atoms with Gasteiger partial charge < -0.3 is 10.4 Å². The van der Waals surface area contributed by atoms with Crippen LogP contribution in [0.15, 0.2) is 24.3 Å². The number of tetrazole rings is 1. The van der Waals surface area contributed by atoms with Gasteiger partial charge in [-0.2, -0.15) is 4.80 Å². The number of rotatable bonds is 6. The second-order valence-corrected chi connectivity index (χ2v) is 5.94. The lowest BCUT2D eigenvalue weighted by molar-refractivity contribution is -0.122. The minimum atomic E-state index is -0.174. The molecule has 7 nitrogen and oxygen atoms in total. The highest BCUT2D eigenvalue weighted by Crippen LogP contribution is 2.44. The van der Waals surface area contributed by atoms with Gasteiger partial charge in [0, 0.05) is 17.5 Å². The highest BCUT2D eigenvalue weighted by molar-refractivity contribution is 5.75. The normalized spacial score (nSPS) is 15.5. The molecule has 7 heteroatoms. The number of hydrogen-bond donors (Lipinski definition) is 2. The minimum absolute atomic E-state index is 0.0281.